The molecule has 0 aromatic carbocycles. The van der Waals surface area contributed by atoms with Gasteiger partial charge >= 0.3 is 0 Å². The summed E-state index contributed by atoms with van der Waals surface area (Å²) in [6, 6.07) is 7.75. The summed E-state index contributed by atoms with van der Waals surface area (Å²) >= 11 is 3.72. The zero-order valence-electron chi connectivity index (χ0n) is 11.5. The monoisotopic (exact) mass is 370 g/mol. The lowest BCUT2D eigenvalue weighted by molar-refractivity contribution is 0.562. The summed E-state index contributed by atoms with van der Waals surface area (Å²) in [6.45, 7) is 5.72. The standard InChI is InChI=1S/C14H15BrN2OS2/c1-14(2,3)20(18)16-9-10-7-8-19-13(10)11-5-4-6-12(15)17-11/h4-9H,1-3H3. The van der Waals surface area contributed by atoms with Gasteiger partial charge in [0.2, 0.25) is 0 Å². The summed E-state index contributed by atoms with van der Waals surface area (Å²) in [5, 5.41) is 1.99. The molecule has 0 N–H and O–H groups in total. The van der Waals surface area contributed by atoms with Crippen LogP contribution in [0.1, 0.15) is 26.3 Å². The Hall–Kier alpha value is -0.690. The zero-order valence-corrected chi connectivity index (χ0v) is 14.7. The Balaban J connectivity index is 2.28. The molecule has 2 aromatic rings. The van der Waals surface area contributed by atoms with E-state index >= 15 is 0 Å². The highest BCUT2D eigenvalue weighted by atomic mass is 79.9. The highest BCUT2D eigenvalue weighted by Crippen LogP contribution is 2.28. The van der Waals surface area contributed by atoms with Crippen molar-refractivity contribution in [3.8, 4) is 10.6 Å². The van der Waals surface area contributed by atoms with Crippen LogP contribution < -0.4 is 0 Å². The van der Waals surface area contributed by atoms with Gasteiger partial charge < -0.3 is 4.55 Å². The lowest BCUT2D eigenvalue weighted by Crippen LogP contribution is -2.25. The topological polar surface area (TPSA) is 48.3 Å². The lowest BCUT2D eigenvalue weighted by atomic mass is 10.2. The fourth-order valence-electron chi connectivity index (χ4n) is 1.43. The minimum atomic E-state index is -1.25. The molecule has 1 unspecified atom stereocenters. The average molecular weight is 371 g/mol. The molecule has 0 fully saturated rings. The zero-order chi connectivity index (χ0) is 14.8. The van der Waals surface area contributed by atoms with E-state index in [1.54, 1.807) is 17.6 Å². The molecule has 20 heavy (non-hydrogen) atoms. The van der Waals surface area contributed by atoms with Gasteiger partial charge in [-0.15, -0.1) is 11.3 Å². The van der Waals surface area contributed by atoms with Gasteiger partial charge in [0.15, 0.2) is 0 Å². The second-order valence-electron chi connectivity index (χ2n) is 5.15. The van der Waals surface area contributed by atoms with Crippen molar-refractivity contribution < 1.29 is 4.55 Å². The molecule has 0 radical (unpaired) electrons. The van der Waals surface area contributed by atoms with Crippen LogP contribution in [-0.4, -0.2) is 20.5 Å². The van der Waals surface area contributed by atoms with Gasteiger partial charge in [0.1, 0.15) is 20.7 Å². The van der Waals surface area contributed by atoms with E-state index in [0.717, 1.165) is 20.7 Å². The SMILES string of the molecule is CC(C)(C)[S+]([O-])N=Cc1ccsc1-c1cccc(Br)n1. The van der Waals surface area contributed by atoms with Crippen molar-refractivity contribution in [2.75, 3.05) is 0 Å². The molecule has 2 rings (SSSR count). The normalized spacial score (nSPS) is 13.8. The molecule has 0 saturated carbocycles. The molecule has 0 amide bonds. The summed E-state index contributed by atoms with van der Waals surface area (Å²) in [5.41, 5.74) is 1.83. The maximum Gasteiger partial charge on any atom is 0.144 e. The van der Waals surface area contributed by atoms with Gasteiger partial charge in [0.25, 0.3) is 0 Å². The van der Waals surface area contributed by atoms with Gasteiger partial charge in [-0.25, -0.2) is 4.98 Å². The molecule has 0 aliphatic heterocycles. The maximum absolute atomic E-state index is 12.0. The Morgan fingerprint density at radius 3 is 2.75 bits per heavy atom. The Morgan fingerprint density at radius 2 is 2.10 bits per heavy atom. The molecule has 2 aromatic heterocycles. The van der Waals surface area contributed by atoms with Crippen LogP contribution in [0.2, 0.25) is 0 Å². The number of pyridine rings is 1. The number of nitrogens with zero attached hydrogens (tertiary/aromatic N) is 2. The maximum atomic E-state index is 12.0. The molecular formula is C14H15BrN2OS2. The summed E-state index contributed by atoms with van der Waals surface area (Å²) in [5.74, 6) is 0. The summed E-state index contributed by atoms with van der Waals surface area (Å²) in [7, 11) is 0. The molecule has 0 aliphatic rings. The number of rotatable bonds is 3. The van der Waals surface area contributed by atoms with E-state index in [1.165, 1.54) is 0 Å². The summed E-state index contributed by atoms with van der Waals surface area (Å²) < 4.78 is 16.6. The minimum absolute atomic E-state index is 0.347. The highest BCUT2D eigenvalue weighted by Gasteiger charge is 2.26. The van der Waals surface area contributed by atoms with Crippen LogP contribution in [0.25, 0.3) is 10.6 Å². The van der Waals surface area contributed by atoms with Gasteiger partial charge in [-0.05, 0) is 60.3 Å². The summed E-state index contributed by atoms with van der Waals surface area (Å²) in [6.07, 6.45) is 1.68. The smallest absolute Gasteiger partial charge is 0.144 e. The molecule has 0 bridgehead atoms. The molecule has 0 saturated heterocycles. The van der Waals surface area contributed by atoms with E-state index in [0.29, 0.717) is 0 Å². The first kappa shape index (κ1) is 15.7. The number of hydrogen-bond acceptors (Lipinski definition) is 4. The molecular weight excluding hydrogens is 356 g/mol. The fourth-order valence-corrected chi connectivity index (χ4v) is 3.14. The quantitative estimate of drug-likeness (QED) is 0.455. The van der Waals surface area contributed by atoms with Crippen LogP contribution in [0, 0.1) is 0 Å². The minimum Gasteiger partial charge on any atom is -0.591 e. The van der Waals surface area contributed by atoms with Crippen LogP contribution in [-0.2, 0) is 11.4 Å². The van der Waals surface area contributed by atoms with Gasteiger partial charge in [0.05, 0.1) is 16.8 Å². The van der Waals surface area contributed by atoms with E-state index < -0.39 is 11.4 Å². The predicted molar refractivity (Wildman–Crippen MR) is 90.7 cm³/mol. The lowest BCUT2D eigenvalue weighted by Gasteiger charge is -2.17. The Labute approximate surface area is 134 Å². The van der Waals surface area contributed by atoms with Crippen LogP contribution in [0.3, 0.4) is 0 Å². The number of aromatic nitrogens is 1. The Kier molecular flexibility index (Phi) is 5.01. The molecule has 2 heterocycles. The Bertz CT molecular complexity index is 620. The average Bonchev–Trinajstić information content (AvgIpc) is 2.83. The van der Waals surface area contributed by atoms with Crippen LogP contribution in [0.4, 0.5) is 0 Å². The molecule has 106 valence electrons. The van der Waals surface area contributed by atoms with Crippen molar-refractivity contribution in [2.24, 2.45) is 4.40 Å². The number of hydrogen-bond donors (Lipinski definition) is 0. The number of halogens is 1. The van der Waals surface area contributed by atoms with E-state index in [4.69, 9.17) is 0 Å². The first-order valence-corrected chi connectivity index (χ1v) is 8.82. The van der Waals surface area contributed by atoms with Gasteiger partial charge in [-0.2, -0.15) is 0 Å². The third-order valence-corrected chi connectivity index (χ3v) is 5.19. The Morgan fingerprint density at radius 1 is 1.35 bits per heavy atom. The largest absolute Gasteiger partial charge is 0.591 e. The number of thiophene rings is 1. The van der Waals surface area contributed by atoms with Crippen molar-refractivity contribution in [2.45, 2.75) is 25.5 Å². The van der Waals surface area contributed by atoms with E-state index in [1.807, 2.05) is 50.4 Å². The molecule has 1 atom stereocenters. The third kappa shape index (κ3) is 3.91. The van der Waals surface area contributed by atoms with Crippen molar-refractivity contribution in [3.63, 3.8) is 0 Å². The second kappa shape index (κ2) is 6.39. The third-order valence-electron chi connectivity index (χ3n) is 2.45. The highest BCUT2D eigenvalue weighted by molar-refractivity contribution is 9.10. The van der Waals surface area contributed by atoms with Crippen LogP contribution in [0.5, 0.6) is 0 Å². The van der Waals surface area contributed by atoms with Gasteiger partial charge in [-0.1, -0.05) is 10.5 Å². The predicted octanol–water partition coefficient (Wildman–Crippen LogP) is 4.45. The van der Waals surface area contributed by atoms with Crippen molar-refractivity contribution >= 4 is 44.8 Å². The van der Waals surface area contributed by atoms with E-state index in [9.17, 15) is 4.55 Å². The molecule has 3 nitrogen and oxygen atoms in total. The first-order chi connectivity index (χ1) is 9.38. The van der Waals surface area contributed by atoms with E-state index in [-0.39, 0.29) is 4.75 Å². The molecule has 6 heteroatoms. The molecule has 0 spiro atoms. The van der Waals surface area contributed by atoms with Crippen LogP contribution in [0.15, 0.2) is 38.6 Å². The van der Waals surface area contributed by atoms with Crippen LogP contribution >= 0.6 is 27.3 Å². The second-order valence-corrected chi connectivity index (χ2v) is 8.81. The van der Waals surface area contributed by atoms with Crippen molar-refractivity contribution in [1.29, 1.82) is 0 Å². The fraction of sp³-hybridized carbons (Fsp3) is 0.286. The molecule has 0 aliphatic carbocycles. The van der Waals surface area contributed by atoms with Gasteiger partial charge in [-0.3, -0.25) is 0 Å². The van der Waals surface area contributed by atoms with Crippen molar-refractivity contribution in [3.05, 3.63) is 39.8 Å². The van der Waals surface area contributed by atoms with Crippen molar-refractivity contribution in [1.82, 2.24) is 4.98 Å². The van der Waals surface area contributed by atoms with Gasteiger partial charge in [0, 0.05) is 5.56 Å². The van der Waals surface area contributed by atoms with E-state index in [2.05, 4.69) is 25.3 Å². The first-order valence-electron chi connectivity index (χ1n) is 6.04. The summed E-state index contributed by atoms with van der Waals surface area (Å²) in [4.78, 5) is 5.47.